The van der Waals surface area contributed by atoms with Gasteiger partial charge < -0.3 is 0 Å². The molecule has 2 rings (SSSR count). The Hall–Kier alpha value is -2.08. The van der Waals surface area contributed by atoms with Crippen molar-refractivity contribution in [2.45, 2.75) is 20.8 Å². The molecule has 0 radical (unpaired) electrons. The van der Waals surface area contributed by atoms with Gasteiger partial charge >= 0.3 is 0 Å². The van der Waals surface area contributed by atoms with E-state index in [-0.39, 0.29) is 0 Å². The molecule has 0 aliphatic carbocycles. The number of aryl methyl sites for hydroxylation is 1. The summed E-state index contributed by atoms with van der Waals surface area (Å²) in [6, 6.07) is 12.7. The molecule has 0 heterocycles. The van der Waals surface area contributed by atoms with Gasteiger partial charge in [-0.3, -0.25) is 0 Å². The average molecular weight is 250 g/mol. The molecule has 0 bridgehead atoms. The zero-order chi connectivity index (χ0) is 14.3. The minimum absolute atomic E-state index is 1.11. The number of hydrogen-bond donors (Lipinski definition) is 0. The molecule has 0 saturated carbocycles. The summed E-state index contributed by atoms with van der Waals surface area (Å²) >= 11 is 0. The zero-order valence-corrected chi connectivity index (χ0v) is 12.1. The van der Waals surface area contributed by atoms with E-state index in [1.54, 1.807) is 6.08 Å². The molecule has 0 fully saturated rings. The lowest BCUT2D eigenvalue weighted by atomic mass is 9.96. The van der Waals surface area contributed by atoms with Crippen LogP contribution in [0.4, 0.5) is 0 Å². The Morgan fingerprint density at radius 1 is 0.947 bits per heavy atom. The molecule has 0 saturated heterocycles. The van der Waals surface area contributed by atoms with Crippen LogP contribution in [0.3, 0.4) is 0 Å². The lowest BCUT2D eigenvalue weighted by Gasteiger charge is -2.09. The number of fused-ring (bicyclic) bond motifs is 1. The monoisotopic (exact) mass is 250 g/mol. The summed E-state index contributed by atoms with van der Waals surface area (Å²) in [7, 11) is 0. The molecule has 0 unspecified atom stereocenters. The van der Waals surface area contributed by atoms with Gasteiger partial charge in [-0.05, 0) is 34.4 Å². The third kappa shape index (κ3) is 3.23. The Labute approximate surface area is 116 Å². The van der Waals surface area contributed by atoms with Gasteiger partial charge in [-0.2, -0.15) is 0 Å². The Morgan fingerprint density at radius 3 is 2.21 bits per heavy atom. The molecule has 0 aromatic heterocycles. The molecule has 0 N–H and O–H groups in total. The summed E-state index contributed by atoms with van der Waals surface area (Å²) in [5.41, 5.74) is 3.61. The van der Waals surface area contributed by atoms with Crippen LogP contribution in [-0.2, 0) is 0 Å². The molecule has 2 aromatic carbocycles. The van der Waals surface area contributed by atoms with Gasteiger partial charge in [-0.1, -0.05) is 81.6 Å². The van der Waals surface area contributed by atoms with Crippen molar-refractivity contribution in [3.63, 3.8) is 0 Å². The predicted octanol–water partition coefficient (Wildman–Crippen LogP) is 5.93. The van der Waals surface area contributed by atoms with Crippen LogP contribution < -0.4 is 0 Å². The van der Waals surface area contributed by atoms with Crippen LogP contribution in [0.25, 0.3) is 16.3 Å². The Bertz CT molecular complexity index is 600. The number of hydrogen-bond acceptors (Lipinski definition) is 0. The molecule has 0 aliphatic heterocycles. The van der Waals surface area contributed by atoms with E-state index in [1.165, 1.54) is 21.9 Å². The van der Waals surface area contributed by atoms with Crippen LogP contribution >= 0.6 is 0 Å². The summed E-state index contributed by atoms with van der Waals surface area (Å²) in [5.74, 6) is 0. The number of rotatable bonds is 3. The highest BCUT2D eigenvalue weighted by atomic mass is 14.1. The maximum absolute atomic E-state index is 3.87. The van der Waals surface area contributed by atoms with Crippen LogP contribution in [0.1, 0.15) is 25.0 Å². The number of allylic oxidation sites excluding steroid dienone is 4. The van der Waals surface area contributed by atoms with Gasteiger partial charge in [-0.15, -0.1) is 0 Å². The van der Waals surface area contributed by atoms with E-state index in [0.29, 0.717) is 0 Å². The average Bonchev–Trinajstić information content (AvgIpc) is 2.47. The summed E-state index contributed by atoms with van der Waals surface area (Å²) in [6.07, 6.45) is 5.66. The van der Waals surface area contributed by atoms with E-state index in [0.717, 1.165) is 5.57 Å². The topological polar surface area (TPSA) is 0 Å². The van der Waals surface area contributed by atoms with Gasteiger partial charge in [-0.25, -0.2) is 0 Å². The molecular weight excluding hydrogens is 228 g/mol. The van der Waals surface area contributed by atoms with Gasteiger partial charge in [0.2, 0.25) is 0 Å². The molecule has 0 nitrogen and oxygen atoms in total. The highest BCUT2D eigenvalue weighted by Crippen LogP contribution is 2.27. The molecule has 0 heteroatoms. The summed E-state index contributed by atoms with van der Waals surface area (Å²) in [6.45, 7) is 13.8. The molecule has 98 valence electrons. The van der Waals surface area contributed by atoms with Crippen molar-refractivity contribution in [1.29, 1.82) is 0 Å². The molecule has 0 atom stereocenters. The quantitative estimate of drug-likeness (QED) is 0.592. The Morgan fingerprint density at radius 2 is 1.58 bits per heavy atom. The van der Waals surface area contributed by atoms with Crippen molar-refractivity contribution in [2.24, 2.45) is 0 Å². The second-order valence-electron chi connectivity index (χ2n) is 4.04. The fraction of sp³-hybridized carbons (Fsp3) is 0.158. The zero-order valence-electron chi connectivity index (χ0n) is 12.1. The van der Waals surface area contributed by atoms with E-state index in [4.69, 9.17) is 0 Å². The van der Waals surface area contributed by atoms with Gasteiger partial charge in [0, 0.05) is 0 Å². The van der Waals surface area contributed by atoms with E-state index in [9.17, 15) is 0 Å². The first kappa shape index (κ1) is 15.0. The smallest absolute Gasteiger partial charge is 0.0103 e. The van der Waals surface area contributed by atoms with Gasteiger partial charge in [0.15, 0.2) is 0 Å². The van der Waals surface area contributed by atoms with Crippen LogP contribution in [-0.4, -0.2) is 0 Å². The third-order valence-electron chi connectivity index (χ3n) is 2.97. The van der Waals surface area contributed by atoms with Crippen LogP contribution in [0.5, 0.6) is 0 Å². The SMILES string of the molecule is C=C/C=C(\C=C)c1cccc2c(C)cccc12.CC. The highest BCUT2D eigenvalue weighted by molar-refractivity contribution is 5.97. The second-order valence-corrected chi connectivity index (χ2v) is 4.04. The normalized spacial score (nSPS) is 10.6. The highest BCUT2D eigenvalue weighted by Gasteiger charge is 2.04. The molecule has 0 spiro atoms. The lowest BCUT2D eigenvalue weighted by molar-refractivity contribution is 1.50. The summed E-state index contributed by atoms with van der Waals surface area (Å²) in [5, 5.41) is 2.56. The maximum Gasteiger partial charge on any atom is -0.0103 e. The largest absolute Gasteiger partial charge is 0.0990 e. The van der Waals surface area contributed by atoms with Crippen LogP contribution in [0.15, 0.2) is 67.8 Å². The van der Waals surface area contributed by atoms with Crippen molar-refractivity contribution in [2.75, 3.05) is 0 Å². The van der Waals surface area contributed by atoms with Crippen molar-refractivity contribution < 1.29 is 0 Å². The van der Waals surface area contributed by atoms with E-state index in [1.807, 2.05) is 26.0 Å². The maximum atomic E-state index is 3.87. The Balaban J connectivity index is 0.000000861. The van der Waals surface area contributed by atoms with Crippen molar-refractivity contribution in [1.82, 2.24) is 0 Å². The molecule has 0 amide bonds. The van der Waals surface area contributed by atoms with E-state index in [2.05, 4.69) is 56.5 Å². The fourth-order valence-electron chi connectivity index (χ4n) is 2.11. The fourth-order valence-corrected chi connectivity index (χ4v) is 2.11. The van der Waals surface area contributed by atoms with E-state index >= 15 is 0 Å². The predicted molar refractivity (Wildman–Crippen MR) is 88.4 cm³/mol. The number of benzene rings is 2. The summed E-state index contributed by atoms with van der Waals surface area (Å²) < 4.78 is 0. The molecule has 0 aliphatic rings. The first-order chi connectivity index (χ1) is 9.27. The van der Waals surface area contributed by atoms with Crippen LogP contribution in [0, 0.1) is 6.92 Å². The van der Waals surface area contributed by atoms with Crippen molar-refractivity contribution >= 4 is 16.3 Å². The van der Waals surface area contributed by atoms with Gasteiger partial charge in [0.05, 0.1) is 0 Å². The molecule has 19 heavy (non-hydrogen) atoms. The minimum Gasteiger partial charge on any atom is -0.0990 e. The standard InChI is InChI=1S/C17H16.C2H6/c1-4-8-14(5-2)16-11-7-10-15-13(3)9-6-12-17(15)16;1-2/h4-12H,1-2H2,3H3;1-2H3/b14-8+;. The van der Waals surface area contributed by atoms with Crippen LogP contribution in [0.2, 0.25) is 0 Å². The minimum atomic E-state index is 1.11. The van der Waals surface area contributed by atoms with E-state index < -0.39 is 0 Å². The molecule has 2 aromatic rings. The summed E-state index contributed by atoms with van der Waals surface area (Å²) in [4.78, 5) is 0. The van der Waals surface area contributed by atoms with Crippen molar-refractivity contribution in [3.8, 4) is 0 Å². The van der Waals surface area contributed by atoms with Gasteiger partial charge in [0.25, 0.3) is 0 Å². The van der Waals surface area contributed by atoms with Crippen molar-refractivity contribution in [3.05, 3.63) is 78.9 Å². The first-order valence-corrected chi connectivity index (χ1v) is 6.72. The second kappa shape index (κ2) is 7.38. The first-order valence-electron chi connectivity index (χ1n) is 6.72. The Kier molecular flexibility index (Phi) is 5.81. The molecular formula is C19H22. The lowest BCUT2D eigenvalue weighted by Crippen LogP contribution is -1.85. The van der Waals surface area contributed by atoms with Gasteiger partial charge in [0.1, 0.15) is 0 Å². The third-order valence-corrected chi connectivity index (χ3v) is 2.97.